The van der Waals surface area contributed by atoms with Gasteiger partial charge in [0.25, 0.3) is 0 Å². The van der Waals surface area contributed by atoms with Crippen LogP contribution in [-0.2, 0) is 4.74 Å². The molecule has 0 bridgehead atoms. The maximum Gasteiger partial charge on any atom is 0.420 e. The van der Waals surface area contributed by atoms with Crippen molar-refractivity contribution in [1.29, 1.82) is 0 Å². The van der Waals surface area contributed by atoms with Crippen molar-refractivity contribution in [3.8, 4) is 0 Å². The van der Waals surface area contributed by atoms with Crippen molar-refractivity contribution in [2.75, 3.05) is 13.2 Å². The number of amides is 1. The fourth-order valence-electron chi connectivity index (χ4n) is 0.442. The van der Waals surface area contributed by atoms with E-state index in [1.54, 1.807) is 0 Å². The van der Waals surface area contributed by atoms with Crippen molar-refractivity contribution >= 4 is 27.9 Å². The first-order chi connectivity index (χ1) is 3.84. The second-order valence-electron chi connectivity index (χ2n) is 1.29. The van der Waals surface area contributed by atoms with Crippen LogP contribution in [0.25, 0.3) is 0 Å². The second kappa shape index (κ2) is 2.46. The first kappa shape index (κ1) is 6.04. The number of rotatable bonds is 1. The van der Waals surface area contributed by atoms with Crippen molar-refractivity contribution in [1.82, 2.24) is 4.31 Å². The fraction of sp³-hybridized carbons (Fsp3) is 0.667. The average Bonchev–Trinajstić information content (AvgIpc) is 2.14. The van der Waals surface area contributed by atoms with Crippen molar-refractivity contribution in [2.45, 2.75) is 0 Å². The third kappa shape index (κ3) is 1.00. The maximum atomic E-state index is 10.4. The summed E-state index contributed by atoms with van der Waals surface area (Å²) in [4.78, 5) is 10.4. The Morgan fingerprint density at radius 1 is 1.88 bits per heavy atom. The number of nitrogens with zero attached hydrogens (tertiary/aromatic N) is 1. The molecular weight excluding hydrogens is 150 g/mol. The van der Waals surface area contributed by atoms with Gasteiger partial charge >= 0.3 is 6.09 Å². The second-order valence-corrected chi connectivity index (χ2v) is 2.28. The lowest BCUT2D eigenvalue weighted by molar-refractivity contribution is 0.171. The highest BCUT2D eigenvalue weighted by Gasteiger charge is 2.21. The van der Waals surface area contributed by atoms with Gasteiger partial charge in [-0.2, -0.15) is 0 Å². The standard InChI is InChI=1S/C3H4ClNO2S/c4-8-5-1-2-7-3(5)6/h1-2H2. The van der Waals surface area contributed by atoms with Crippen molar-refractivity contribution in [2.24, 2.45) is 0 Å². The molecule has 46 valence electrons. The molecule has 1 amide bonds. The van der Waals surface area contributed by atoms with Crippen molar-refractivity contribution in [3.05, 3.63) is 0 Å². The summed E-state index contributed by atoms with van der Waals surface area (Å²) in [6, 6.07) is 0. The smallest absolute Gasteiger partial charge is 0.420 e. The first-order valence-corrected chi connectivity index (χ1v) is 3.67. The van der Waals surface area contributed by atoms with E-state index in [0.717, 1.165) is 11.2 Å². The highest BCUT2D eigenvalue weighted by Crippen LogP contribution is 2.18. The number of hydrogen-bond donors (Lipinski definition) is 0. The lowest BCUT2D eigenvalue weighted by Gasteiger charge is -2.01. The summed E-state index contributed by atoms with van der Waals surface area (Å²) in [7, 11) is 5.24. The molecule has 0 aliphatic carbocycles. The summed E-state index contributed by atoms with van der Waals surface area (Å²) in [5.41, 5.74) is 0. The minimum Gasteiger partial charge on any atom is -0.447 e. The molecule has 0 saturated carbocycles. The summed E-state index contributed by atoms with van der Waals surface area (Å²) in [5, 5.41) is 0. The van der Waals surface area contributed by atoms with Crippen LogP contribution in [0.15, 0.2) is 0 Å². The molecule has 0 aromatic carbocycles. The van der Waals surface area contributed by atoms with E-state index < -0.39 is 0 Å². The van der Waals surface area contributed by atoms with E-state index in [4.69, 9.17) is 10.7 Å². The van der Waals surface area contributed by atoms with Crippen LogP contribution in [0.1, 0.15) is 0 Å². The van der Waals surface area contributed by atoms with Crippen molar-refractivity contribution < 1.29 is 9.53 Å². The number of ether oxygens (including phenoxy) is 1. The van der Waals surface area contributed by atoms with E-state index in [0.29, 0.717) is 13.2 Å². The van der Waals surface area contributed by atoms with Gasteiger partial charge in [0.1, 0.15) is 6.61 Å². The molecule has 8 heavy (non-hydrogen) atoms. The molecule has 0 unspecified atom stereocenters. The molecular formula is C3H4ClNO2S. The predicted octanol–water partition coefficient (Wildman–Crippen LogP) is 1.24. The molecule has 5 heteroatoms. The lowest BCUT2D eigenvalue weighted by Crippen LogP contribution is -2.12. The topological polar surface area (TPSA) is 29.5 Å². The third-order valence-corrected chi connectivity index (χ3v) is 1.80. The zero-order chi connectivity index (χ0) is 5.98. The number of carbonyl (C=O) groups excluding carboxylic acids is 1. The van der Waals surface area contributed by atoms with Gasteiger partial charge in [-0.25, -0.2) is 9.10 Å². The Morgan fingerprint density at radius 3 is 2.88 bits per heavy atom. The van der Waals surface area contributed by atoms with Crippen LogP contribution in [0.3, 0.4) is 0 Å². The molecule has 1 heterocycles. The van der Waals surface area contributed by atoms with Crippen LogP contribution >= 0.6 is 21.8 Å². The van der Waals surface area contributed by atoms with E-state index >= 15 is 0 Å². The molecule has 0 aromatic heterocycles. The van der Waals surface area contributed by atoms with Gasteiger partial charge in [-0.05, 0) is 10.7 Å². The summed E-state index contributed by atoms with van der Waals surface area (Å²) < 4.78 is 5.89. The molecule has 0 N–H and O–H groups in total. The summed E-state index contributed by atoms with van der Waals surface area (Å²) in [6.45, 7) is 1.05. The molecule has 0 atom stereocenters. The largest absolute Gasteiger partial charge is 0.447 e. The Bertz CT molecular complexity index is 109. The normalized spacial score (nSPS) is 19.1. The van der Waals surface area contributed by atoms with Gasteiger partial charge in [-0.15, -0.1) is 0 Å². The zero-order valence-corrected chi connectivity index (χ0v) is 5.54. The minimum absolute atomic E-state index is 0.343. The molecule has 1 fully saturated rings. The number of cyclic esters (lactones) is 1. The Morgan fingerprint density at radius 2 is 2.62 bits per heavy atom. The van der Waals surface area contributed by atoms with Gasteiger partial charge < -0.3 is 4.74 Å². The van der Waals surface area contributed by atoms with Crippen LogP contribution in [0.5, 0.6) is 0 Å². The van der Waals surface area contributed by atoms with Gasteiger partial charge in [0.05, 0.1) is 17.7 Å². The Balaban J connectivity index is 2.42. The van der Waals surface area contributed by atoms with E-state index in [9.17, 15) is 4.79 Å². The lowest BCUT2D eigenvalue weighted by atomic mass is 10.7. The molecule has 1 saturated heterocycles. The third-order valence-electron chi connectivity index (χ3n) is 0.807. The van der Waals surface area contributed by atoms with Gasteiger partial charge in [-0.1, -0.05) is 0 Å². The van der Waals surface area contributed by atoms with Crippen LogP contribution < -0.4 is 0 Å². The molecule has 1 aliphatic rings. The number of carbonyl (C=O) groups is 1. The SMILES string of the molecule is O=C1OCCN1SCl. The predicted molar refractivity (Wildman–Crippen MR) is 31.5 cm³/mol. The van der Waals surface area contributed by atoms with Crippen molar-refractivity contribution in [3.63, 3.8) is 0 Å². The molecule has 1 rings (SSSR count). The van der Waals surface area contributed by atoms with Gasteiger partial charge in [0, 0.05) is 0 Å². The molecule has 0 aromatic rings. The van der Waals surface area contributed by atoms with E-state index in [-0.39, 0.29) is 6.09 Å². The highest BCUT2D eigenvalue weighted by atomic mass is 35.7. The van der Waals surface area contributed by atoms with Crippen LogP contribution in [0, 0.1) is 0 Å². The summed E-state index contributed by atoms with van der Waals surface area (Å²) in [5.74, 6) is 0. The average molecular weight is 154 g/mol. The maximum absolute atomic E-state index is 10.4. The highest BCUT2D eigenvalue weighted by molar-refractivity contribution is 8.19. The summed E-state index contributed by atoms with van der Waals surface area (Å²) in [6.07, 6.45) is -0.343. The molecule has 1 aliphatic heterocycles. The van der Waals surface area contributed by atoms with Crippen LogP contribution in [0.4, 0.5) is 4.79 Å². The Labute approximate surface area is 55.6 Å². The van der Waals surface area contributed by atoms with Gasteiger partial charge in [-0.3, -0.25) is 0 Å². The summed E-state index contributed by atoms with van der Waals surface area (Å²) >= 11 is 0.872. The van der Waals surface area contributed by atoms with Gasteiger partial charge in [0.2, 0.25) is 0 Å². The number of hydrogen-bond acceptors (Lipinski definition) is 3. The van der Waals surface area contributed by atoms with E-state index in [2.05, 4.69) is 4.74 Å². The fourth-order valence-corrected chi connectivity index (χ4v) is 1.07. The number of halogens is 1. The Hall–Kier alpha value is -0.0900. The monoisotopic (exact) mass is 153 g/mol. The van der Waals surface area contributed by atoms with Gasteiger partial charge in [0.15, 0.2) is 0 Å². The minimum atomic E-state index is -0.343. The van der Waals surface area contributed by atoms with Crippen LogP contribution in [-0.4, -0.2) is 23.6 Å². The molecule has 0 radical (unpaired) electrons. The quantitative estimate of drug-likeness (QED) is 0.531. The molecule has 3 nitrogen and oxygen atoms in total. The first-order valence-electron chi connectivity index (χ1n) is 2.07. The Kier molecular flexibility index (Phi) is 1.85. The zero-order valence-electron chi connectivity index (χ0n) is 3.96. The van der Waals surface area contributed by atoms with E-state index in [1.165, 1.54) is 4.31 Å². The van der Waals surface area contributed by atoms with E-state index in [1.807, 2.05) is 0 Å². The molecule has 0 spiro atoms. The van der Waals surface area contributed by atoms with Crippen LogP contribution in [0.2, 0.25) is 0 Å².